The minimum Gasteiger partial charge on any atom is 0 e. The van der Waals surface area contributed by atoms with Gasteiger partial charge >= 0.3 is 92.9 Å². The first-order chi connectivity index (χ1) is 1.73. The van der Waals surface area contributed by atoms with E-state index >= 15 is 0 Å². The van der Waals surface area contributed by atoms with E-state index in [0.29, 0.717) is 0 Å². The smallest absolute Gasteiger partial charge is 0 e. The third-order valence-corrected chi connectivity index (χ3v) is 0. The van der Waals surface area contributed by atoms with Crippen LogP contribution in [0.3, 0.4) is 0 Å². The molecule has 0 aliphatic heterocycles. The van der Waals surface area contributed by atoms with Crippen molar-refractivity contribution >= 4 is 111 Å². The van der Waals surface area contributed by atoms with Crippen LogP contribution in [0.1, 0.15) is 1.43 Å². The molecule has 0 bridgehead atoms. The third kappa shape index (κ3) is 39.4. The van der Waals surface area contributed by atoms with E-state index in [4.69, 9.17) is 0 Å². The molecule has 0 saturated heterocycles. The molecule has 8 heavy (non-hydrogen) atoms. The van der Waals surface area contributed by atoms with Crippen molar-refractivity contribution in [1.29, 1.82) is 0 Å². The molecule has 0 nitrogen and oxygen atoms in total. The van der Waals surface area contributed by atoms with Crippen LogP contribution in [0.4, 0.5) is 0 Å². The predicted octanol–water partition coefficient (Wildman–Crippen LogP) is 0.626. The van der Waals surface area contributed by atoms with E-state index in [1.807, 2.05) is 0 Å². The van der Waals surface area contributed by atoms with Gasteiger partial charge in [0.2, 0.25) is 0 Å². The number of rotatable bonds is 0. The summed E-state index contributed by atoms with van der Waals surface area (Å²) in [5.74, 6) is 0. The van der Waals surface area contributed by atoms with Crippen LogP contribution in [0.5, 0.6) is 0 Å². The van der Waals surface area contributed by atoms with Gasteiger partial charge in [-0.2, -0.15) is 0 Å². The van der Waals surface area contributed by atoms with Crippen LogP contribution >= 0.6 is 102 Å². The largest absolute Gasteiger partial charge is 1.00 e. The molecule has 0 unspecified atom stereocenters. The summed E-state index contributed by atoms with van der Waals surface area (Å²) in [6.45, 7) is 0. The molecule has 1 radical (unpaired) electrons. The van der Waals surface area contributed by atoms with Crippen molar-refractivity contribution < 1.29 is 56.8 Å². The fourth-order valence-corrected chi connectivity index (χ4v) is 0. The molecule has 0 aliphatic carbocycles. The summed E-state index contributed by atoms with van der Waals surface area (Å²) >= 11 is 7.58. The average molecular weight is 820 g/mol. The van der Waals surface area contributed by atoms with Crippen LogP contribution in [0, 0.1) is 0 Å². The minimum atomic E-state index is -0.727. The predicted molar refractivity (Wildman–Crippen MR) is 79.8 cm³/mol. The van der Waals surface area contributed by atoms with Gasteiger partial charge in [0, 0.05) is 25.8 Å². The zero-order valence-electron chi connectivity index (χ0n) is 5.11. The van der Waals surface area contributed by atoms with Gasteiger partial charge < -0.3 is 1.43 Å². The van der Waals surface area contributed by atoms with E-state index in [1.54, 1.807) is 0 Å². The van der Waals surface area contributed by atoms with Crippen molar-refractivity contribution in [2.45, 2.75) is 0 Å². The molecule has 0 heterocycles. The summed E-state index contributed by atoms with van der Waals surface area (Å²) in [5.41, 5.74) is 0. The van der Waals surface area contributed by atoms with Gasteiger partial charge in [-0.05, 0) is 0 Å². The second kappa shape index (κ2) is 23.3. The molecule has 0 aromatic rings. The normalized spacial score (nSPS) is 3.38. The Bertz CT molecular complexity index is 21.7. The van der Waals surface area contributed by atoms with E-state index in [9.17, 15) is 0 Å². The molecule has 8 heteroatoms. The Kier molecular flexibility index (Phi) is 85.3. The van der Waals surface area contributed by atoms with Gasteiger partial charge in [-0.3, -0.25) is 0 Å². The topological polar surface area (TPSA) is 0 Å². The number of halogens is 5. The van der Waals surface area contributed by atoms with E-state index in [1.165, 1.54) is 0 Å². The molecule has 0 N–H and O–H groups in total. The fourth-order valence-electron chi connectivity index (χ4n) is 0. The van der Waals surface area contributed by atoms with Gasteiger partial charge in [0.25, 0.3) is 0 Å². The first-order valence-corrected chi connectivity index (χ1v) is 29.5. The van der Waals surface area contributed by atoms with Crippen LogP contribution in [-0.4, -0.2) is 8.97 Å². The van der Waals surface area contributed by atoms with Gasteiger partial charge in [-0.1, -0.05) is 0 Å². The third-order valence-electron chi connectivity index (χ3n) is 0. The zero-order chi connectivity index (χ0) is 3.58. The first-order valence-electron chi connectivity index (χ1n) is 0.655. The van der Waals surface area contributed by atoms with Crippen molar-refractivity contribution in [3.8, 4) is 0 Å². The Morgan fingerprint density at radius 1 is 1.00 bits per heavy atom. The minimum absolute atomic E-state index is 0. The Balaban J connectivity index is -0.00000000450. The van der Waals surface area contributed by atoms with Crippen LogP contribution in [0.2, 0.25) is 0 Å². The van der Waals surface area contributed by atoms with E-state index in [2.05, 4.69) is 54.4 Å². The number of hydrogen-bond acceptors (Lipinski definition) is 0. The Morgan fingerprint density at radius 2 is 1.00 bits per heavy atom. The maximum Gasteiger partial charge on any atom is 1.00 e. The van der Waals surface area contributed by atoms with Crippen molar-refractivity contribution in [3.05, 3.63) is 0 Å². The molecule has 0 fully saturated rings. The molecular weight excluding hydrogens is 817 g/mol. The summed E-state index contributed by atoms with van der Waals surface area (Å²) < 4.78 is 0. The molecule has 45 valence electrons. The average Bonchev–Trinajstić information content (AvgIpc) is 0.811. The molecular formula is H3I5InNaSc. The summed E-state index contributed by atoms with van der Waals surface area (Å²) in [4.78, 5) is 0. The zero-order valence-corrected chi connectivity index (χ0v) is 22.3. The SMILES string of the molecule is I.I.[H-].[I][In]([I])[I].[Na+].[Sc]. The summed E-state index contributed by atoms with van der Waals surface area (Å²) in [6, 6.07) is 0. The Hall–Kier alpha value is 6.39. The van der Waals surface area contributed by atoms with Gasteiger partial charge in [-0.25, -0.2) is 0 Å². The molecule has 0 amide bonds. The van der Waals surface area contributed by atoms with E-state index in [0.717, 1.165) is 0 Å². The van der Waals surface area contributed by atoms with Crippen LogP contribution in [0.25, 0.3) is 0 Å². The second-order valence-electron chi connectivity index (χ2n) is 0.247. The standard InChI is InChI=1S/5HI.In.Na.Sc.H/h5*1H;;;;/q;;;;;+3;+1;;-1/p-3. The molecule has 0 rings (SSSR count). The Labute approximate surface area is 162 Å². The molecule has 0 atom stereocenters. The summed E-state index contributed by atoms with van der Waals surface area (Å²) in [6.07, 6.45) is 0. The van der Waals surface area contributed by atoms with Gasteiger partial charge in [0.05, 0.1) is 0 Å². The second-order valence-corrected chi connectivity index (χ2v) is 74.7. The van der Waals surface area contributed by atoms with Crippen LogP contribution in [0.15, 0.2) is 0 Å². The maximum atomic E-state index is 2.53. The van der Waals surface area contributed by atoms with Crippen molar-refractivity contribution in [1.82, 2.24) is 0 Å². The van der Waals surface area contributed by atoms with Gasteiger partial charge in [0.1, 0.15) is 0 Å². The summed E-state index contributed by atoms with van der Waals surface area (Å²) in [7, 11) is -0.727. The molecule has 0 saturated carbocycles. The number of hydrogen-bond donors (Lipinski definition) is 0. The van der Waals surface area contributed by atoms with E-state index in [-0.39, 0.29) is 105 Å². The molecule has 0 spiro atoms. The molecule has 0 aromatic heterocycles. The monoisotopic (exact) mass is 820 g/mol. The fraction of sp³-hybridized carbons (Fsp3) is 0. The van der Waals surface area contributed by atoms with Crippen LogP contribution in [-0.2, 0) is 25.8 Å². The quantitative estimate of drug-likeness (QED) is 0.249. The van der Waals surface area contributed by atoms with Crippen molar-refractivity contribution in [2.24, 2.45) is 0 Å². The maximum absolute atomic E-state index is 2.53. The summed E-state index contributed by atoms with van der Waals surface area (Å²) in [5, 5.41) is 0. The first kappa shape index (κ1) is 29.3. The Morgan fingerprint density at radius 3 is 1.00 bits per heavy atom. The van der Waals surface area contributed by atoms with Gasteiger partial charge in [0.15, 0.2) is 0 Å². The van der Waals surface area contributed by atoms with Crippen molar-refractivity contribution in [2.75, 3.05) is 0 Å². The molecule has 0 aliphatic rings. The molecule has 0 aromatic carbocycles. The van der Waals surface area contributed by atoms with Gasteiger partial charge in [-0.15, -0.1) is 48.0 Å². The van der Waals surface area contributed by atoms with Crippen LogP contribution < -0.4 is 29.6 Å². The van der Waals surface area contributed by atoms with E-state index < -0.39 is 8.97 Å². The van der Waals surface area contributed by atoms with Crippen molar-refractivity contribution in [3.63, 3.8) is 0 Å².